The van der Waals surface area contributed by atoms with E-state index < -0.39 is 27.3 Å². The van der Waals surface area contributed by atoms with Gasteiger partial charge in [0.15, 0.2) is 5.82 Å². The number of hydrogen-bond donors (Lipinski definition) is 0. The van der Waals surface area contributed by atoms with Crippen LogP contribution in [0.3, 0.4) is 0 Å². The lowest BCUT2D eigenvalue weighted by Gasteiger charge is -2.02. The molecule has 0 atom stereocenters. The number of aromatic nitrogens is 1. The van der Waals surface area contributed by atoms with Crippen molar-refractivity contribution in [2.45, 2.75) is 6.43 Å². The maximum atomic E-state index is 12.7. The van der Waals surface area contributed by atoms with Crippen LogP contribution in [0.1, 0.15) is 12.0 Å². The molecule has 1 rings (SSSR count). The van der Waals surface area contributed by atoms with Gasteiger partial charge in [-0.05, 0) is 22.6 Å². The van der Waals surface area contributed by atoms with Crippen molar-refractivity contribution in [1.82, 2.24) is 4.98 Å². The summed E-state index contributed by atoms with van der Waals surface area (Å²) < 4.78 is 48.5. The molecular formula is C6H2F4IN. The van der Waals surface area contributed by atoms with E-state index >= 15 is 0 Å². The molecule has 0 N–H and O–H groups in total. The summed E-state index contributed by atoms with van der Waals surface area (Å²) in [5.74, 6) is -2.31. The lowest BCUT2D eigenvalue weighted by atomic mass is 10.3. The molecule has 0 aliphatic carbocycles. The first-order valence-corrected chi connectivity index (χ1v) is 3.89. The number of alkyl halides is 2. The first kappa shape index (κ1) is 9.69. The fraction of sp³-hybridized carbons (Fsp3) is 0.167. The van der Waals surface area contributed by atoms with E-state index in [1.54, 1.807) is 0 Å². The van der Waals surface area contributed by atoms with Crippen LogP contribution in [0.25, 0.3) is 0 Å². The van der Waals surface area contributed by atoms with Gasteiger partial charge in [0.2, 0.25) is 5.95 Å². The second kappa shape index (κ2) is 3.55. The SMILES string of the molecule is Fc1ncc(C(F)F)c(F)c1I. The fourth-order valence-electron chi connectivity index (χ4n) is 0.609. The first-order valence-electron chi connectivity index (χ1n) is 2.81. The van der Waals surface area contributed by atoms with E-state index in [-0.39, 0.29) is 0 Å². The summed E-state index contributed by atoms with van der Waals surface area (Å²) in [6, 6.07) is 0. The van der Waals surface area contributed by atoms with Crippen LogP contribution in [0.4, 0.5) is 17.6 Å². The number of pyridine rings is 1. The number of hydrogen-bond acceptors (Lipinski definition) is 1. The van der Waals surface area contributed by atoms with Crippen LogP contribution in [0.15, 0.2) is 6.20 Å². The van der Waals surface area contributed by atoms with Crippen molar-refractivity contribution in [3.63, 3.8) is 0 Å². The summed E-state index contributed by atoms with van der Waals surface area (Å²) in [5, 5.41) is 0. The van der Waals surface area contributed by atoms with Crippen molar-refractivity contribution in [1.29, 1.82) is 0 Å². The molecule has 0 saturated carbocycles. The molecule has 66 valence electrons. The van der Waals surface area contributed by atoms with Gasteiger partial charge >= 0.3 is 0 Å². The van der Waals surface area contributed by atoms with Gasteiger partial charge in [0.25, 0.3) is 6.43 Å². The van der Waals surface area contributed by atoms with E-state index in [0.29, 0.717) is 6.20 Å². The Morgan fingerprint density at radius 1 is 1.33 bits per heavy atom. The predicted molar refractivity (Wildman–Crippen MR) is 41.8 cm³/mol. The molecule has 0 spiro atoms. The van der Waals surface area contributed by atoms with Crippen LogP contribution in [0, 0.1) is 15.3 Å². The Morgan fingerprint density at radius 2 is 1.92 bits per heavy atom. The zero-order valence-electron chi connectivity index (χ0n) is 5.49. The molecule has 0 fully saturated rings. The molecule has 0 bridgehead atoms. The summed E-state index contributed by atoms with van der Waals surface area (Å²) >= 11 is 1.28. The average Bonchev–Trinajstić information content (AvgIpc) is 2.00. The maximum Gasteiger partial charge on any atom is 0.268 e. The van der Waals surface area contributed by atoms with Gasteiger partial charge < -0.3 is 0 Å². The van der Waals surface area contributed by atoms with E-state index in [1.807, 2.05) is 0 Å². The minimum Gasteiger partial charge on any atom is -0.227 e. The second-order valence-electron chi connectivity index (χ2n) is 1.93. The summed E-state index contributed by atoms with van der Waals surface area (Å²) in [6.45, 7) is 0. The molecule has 1 heterocycles. The fourth-order valence-corrected chi connectivity index (χ4v) is 1.06. The smallest absolute Gasteiger partial charge is 0.227 e. The first-order chi connectivity index (χ1) is 5.54. The molecule has 0 unspecified atom stereocenters. The van der Waals surface area contributed by atoms with E-state index in [1.165, 1.54) is 22.6 Å². The number of halogens is 5. The Bertz CT molecular complexity index is 302. The summed E-state index contributed by atoms with van der Waals surface area (Å²) in [7, 11) is 0. The van der Waals surface area contributed by atoms with E-state index in [9.17, 15) is 17.6 Å². The monoisotopic (exact) mass is 291 g/mol. The highest BCUT2D eigenvalue weighted by Gasteiger charge is 2.18. The van der Waals surface area contributed by atoms with E-state index in [2.05, 4.69) is 4.98 Å². The Labute approximate surface area is 78.9 Å². The van der Waals surface area contributed by atoms with Crippen LogP contribution >= 0.6 is 22.6 Å². The van der Waals surface area contributed by atoms with Crippen LogP contribution in [-0.2, 0) is 0 Å². The third kappa shape index (κ3) is 1.67. The molecule has 0 aliphatic rings. The second-order valence-corrected chi connectivity index (χ2v) is 3.01. The molecule has 0 radical (unpaired) electrons. The summed E-state index contributed by atoms with van der Waals surface area (Å²) in [5.41, 5.74) is -0.874. The van der Waals surface area contributed by atoms with E-state index in [0.717, 1.165) is 0 Å². The third-order valence-corrected chi connectivity index (χ3v) is 2.10. The minimum absolute atomic E-state index is 0.498. The Balaban J connectivity index is 3.27. The van der Waals surface area contributed by atoms with Crippen LogP contribution < -0.4 is 0 Å². The zero-order valence-corrected chi connectivity index (χ0v) is 7.65. The Hall–Kier alpha value is -0.400. The highest BCUT2D eigenvalue weighted by atomic mass is 127. The molecule has 1 nitrogen and oxygen atoms in total. The predicted octanol–water partition coefficient (Wildman–Crippen LogP) is 2.90. The molecule has 0 amide bonds. The molecular weight excluding hydrogens is 289 g/mol. The Morgan fingerprint density at radius 3 is 2.42 bits per heavy atom. The van der Waals surface area contributed by atoms with Crippen LogP contribution in [0.5, 0.6) is 0 Å². The van der Waals surface area contributed by atoms with Crippen molar-refractivity contribution in [2.24, 2.45) is 0 Å². The topological polar surface area (TPSA) is 12.9 Å². The maximum absolute atomic E-state index is 12.7. The van der Waals surface area contributed by atoms with Crippen molar-refractivity contribution in [2.75, 3.05) is 0 Å². The van der Waals surface area contributed by atoms with Gasteiger partial charge in [-0.25, -0.2) is 18.2 Å². The summed E-state index contributed by atoms with van der Waals surface area (Å²) in [4.78, 5) is 2.97. The minimum atomic E-state index is -2.97. The molecule has 0 saturated heterocycles. The van der Waals surface area contributed by atoms with Crippen LogP contribution in [0.2, 0.25) is 0 Å². The zero-order chi connectivity index (χ0) is 9.30. The molecule has 0 aliphatic heterocycles. The van der Waals surface area contributed by atoms with Gasteiger partial charge in [0.05, 0.1) is 5.56 Å². The molecule has 1 aromatic heterocycles. The van der Waals surface area contributed by atoms with Crippen molar-refractivity contribution >= 4 is 22.6 Å². The normalized spacial score (nSPS) is 10.8. The van der Waals surface area contributed by atoms with Gasteiger partial charge in [0, 0.05) is 6.20 Å². The van der Waals surface area contributed by atoms with Gasteiger partial charge in [-0.1, -0.05) is 0 Å². The van der Waals surface area contributed by atoms with Gasteiger partial charge in [-0.2, -0.15) is 4.39 Å². The lowest BCUT2D eigenvalue weighted by molar-refractivity contribution is 0.145. The van der Waals surface area contributed by atoms with Gasteiger partial charge in [-0.15, -0.1) is 0 Å². The molecule has 12 heavy (non-hydrogen) atoms. The lowest BCUT2D eigenvalue weighted by Crippen LogP contribution is -1.99. The van der Waals surface area contributed by atoms with Crippen molar-refractivity contribution in [3.05, 3.63) is 27.1 Å². The van der Waals surface area contributed by atoms with Crippen LogP contribution in [-0.4, -0.2) is 4.98 Å². The number of rotatable bonds is 1. The van der Waals surface area contributed by atoms with Gasteiger partial charge in [0.1, 0.15) is 3.57 Å². The molecule has 0 aromatic carbocycles. The quantitative estimate of drug-likeness (QED) is 0.440. The van der Waals surface area contributed by atoms with E-state index in [4.69, 9.17) is 0 Å². The largest absolute Gasteiger partial charge is 0.268 e. The van der Waals surface area contributed by atoms with Crippen molar-refractivity contribution < 1.29 is 17.6 Å². The highest BCUT2D eigenvalue weighted by Crippen LogP contribution is 2.24. The van der Waals surface area contributed by atoms with Crippen molar-refractivity contribution in [3.8, 4) is 0 Å². The molecule has 6 heteroatoms. The number of nitrogens with zero attached hydrogens (tertiary/aromatic N) is 1. The average molecular weight is 291 g/mol. The summed E-state index contributed by atoms with van der Waals surface area (Å²) in [6.07, 6.45) is -2.47. The standard InChI is InChI=1S/C6H2F4IN/c7-3-2(5(8)9)1-12-6(10)4(3)11/h1,5H. The van der Waals surface area contributed by atoms with Gasteiger partial charge in [-0.3, -0.25) is 0 Å². The third-order valence-electron chi connectivity index (χ3n) is 1.18. The highest BCUT2D eigenvalue weighted by molar-refractivity contribution is 14.1. The molecule has 1 aromatic rings. The Kier molecular flexibility index (Phi) is 2.86.